The van der Waals surface area contributed by atoms with Gasteiger partial charge in [-0.15, -0.1) is 6.58 Å². The molecule has 0 bridgehead atoms. The molecule has 0 aliphatic carbocycles. The van der Waals surface area contributed by atoms with Crippen molar-refractivity contribution in [1.82, 2.24) is 5.32 Å². The fraction of sp³-hybridized carbons (Fsp3) is 0.750. The Bertz CT molecular complexity index is 73.7. The number of nitrogens with one attached hydrogen (secondary N) is 1. The van der Waals surface area contributed by atoms with Crippen molar-refractivity contribution in [3.05, 3.63) is 12.7 Å². The third-order valence-electron chi connectivity index (χ3n) is 1.18. The van der Waals surface area contributed by atoms with Crippen molar-refractivity contribution in [2.45, 2.75) is 12.8 Å². The maximum Gasteiger partial charge on any atom is 0.0500 e. The van der Waals surface area contributed by atoms with Gasteiger partial charge in [-0.3, -0.25) is 0 Å². The summed E-state index contributed by atoms with van der Waals surface area (Å²) < 4.78 is 5.26. The van der Waals surface area contributed by atoms with E-state index >= 15 is 0 Å². The zero-order valence-corrected chi connectivity index (χ0v) is 6.73. The number of hydrogen-bond donors (Lipinski definition) is 1. The van der Waals surface area contributed by atoms with Crippen molar-refractivity contribution in [1.29, 1.82) is 0 Å². The largest absolute Gasteiger partial charge is 0.381 e. The van der Waals surface area contributed by atoms with E-state index in [1.54, 1.807) is 0 Å². The van der Waals surface area contributed by atoms with Crippen LogP contribution >= 0.6 is 0 Å². The summed E-state index contributed by atoms with van der Waals surface area (Å²) in [4.78, 5) is 0. The maximum absolute atomic E-state index is 5.26. The fourth-order valence-corrected chi connectivity index (χ4v) is 0.620. The summed E-state index contributed by atoms with van der Waals surface area (Å²) in [5.41, 5.74) is 0. The van der Waals surface area contributed by atoms with Gasteiger partial charge < -0.3 is 10.1 Å². The van der Waals surface area contributed by atoms with E-state index in [1.165, 1.54) is 0 Å². The van der Waals surface area contributed by atoms with Crippen LogP contribution in [0.3, 0.4) is 0 Å². The monoisotopic (exact) mass is 143 g/mol. The SMILES string of the molecule is C=CCCOCCCNC. The van der Waals surface area contributed by atoms with Gasteiger partial charge in [0, 0.05) is 13.2 Å². The molecule has 0 unspecified atom stereocenters. The maximum atomic E-state index is 5.26. The molecular weight excluding hydrogens is 126 g/mol. The lowest BCUT2D eigenvalue weighted by atomic mass is 10.4. The summed E-state index contributed by atoms with van der Waals surface area (Å²) in [5.74, 6) is 0. The highest BCUT2D eigenvalue weighted by Gasteiger charge is 1.84. The predicted molar refractivity (Wildman–Crippen MR) is 44.2 cm³/mol. The van der Waals surface area contributed by atoms with Crippen molar-refractivity contribution in [2.24, 2.45) is 0 Å². The van der Waals surface area contributed by atoms with Gasteiger partial charge in [0.15, 0.2) is 0 Å². The first kappa shape index (κ1) is 9.66. The number of hydrogen-bond acceptors (Lipinski definition) is 2. The molecule has 0 saturated carbocycles. The molecule has 2 nitrogen and oxygen atoms in total. The smallest absolute Gasteiger partial charge is 0.0500 e. The molecule has 0 amide bonds. The van der Waals surface area contributed by atoms with Crippen LogP contribution < -0.4 is 5.32 Å². The number of rotatable bonds is 7. The minimum Gasteiger partial charge on any atom is -0.381 e. The van der Waals surface area contributed by atoms with Gasteiger partial charge in [0.05, 0.1) is 0 Å². The molecule has 0 aromatic rings. The lowest BCUT2D eigenvalue weighted by molar-refractivity contribution is 0.136. The lowest BCUT2D eigenvalue weighted by Gasteiger charge is -2.00. The van der Waals surface area contributed by atoms with E-state index in [9.17, 15) is 0 Å². The molecule has 0 aliphatic rings. The van der Waals surface area contributed by atoms with Crippen molar-refractivity contribution >= 4 is 0 Å². The summed E-state index contributed by atoms with van der Waals surface area (Å²) in [7, 11) is 1.95. The molecule has 0 fully saturated rings. The molecule has 0 atom stereocenters. The molecular formula is C8H17NO. The molecule has 1 N–H and O–H groups in total. The topological polar surface area (TPSA) is 21.3 Å². The summed E-state index contributed by atoms with van der Waals surface area (Å²) in [6, 6.07) is 0. The van der Waals surface area contributed by atoms with Crippen molar-refractivity contribution in [3.63, 3.8) is 0 Å². The number of ether oxygens (including phenoxy) is 1. The first-order chi connectivity index (χ1) is 4.91. The molecule has 2 heteroatoms. The Kier molecular flexibility index (Phi) is 8.37. The molecule has 0 aromatic heterocycles. The molecule has 0 rings (SSSR count). The average Bonchev–Trinajstić information content (AvgIpc) is 1.97. The van der Waals surface area contributed by atoms with E-state index in [0.29, 0.717) is 0 Å². The molecule has 0 saturated heterocycles. The quantitative estimate of drug-likeness (QED) is 0.427. The zero-order chi connectivity index (χ0) is 7.66. The van der Waals surface area contributed by atoms with Gasteiger partial charge >= 0.3 is 0 Å². The van der Waals surface area contributed by atoms with Gasteiger partial charge in [0.2, 0.25) is 0 Å². The van der Waals surface area contributed by atoms with Gasteiger partial charge in [-0.2, -0.15) is 0 Å². The van der Waals surface area contributed by atoms with Crippen molar-refractivity contribution in [3.8, 4) is 0 Å². The van der Waals surface area contributed by atoms with Crippen molar-refractivity contribution < 1.29 is 4.74 Å². The Morgan fingerprint density at radius 2 is 2.30 bits per heavy atom. The van der Waals surface area contributed by atoms with E-state index in [0.717, 1.165) is 32.6 Å². The Balaban J connectivity index is 2.70. The average molecular weight is 143 g/mol. The Morgan fingerprint density at radius 1 is 1.50 bits per heavy atom. The van der Waals surface area contributed by atoms with Gasteiger partial charge in [-0.25, -0.2) is 0 Å². The molecule has 10 heavy (non-hydrogen) atoms. The molecule has 0 aromatic carbocycles. The van der Waals surface area contributed by atoms with Crippen molar-refractivity contribution in [2.75, 3.05) is 26.8 Å². The first-order valence-corrected chi connectivity index (χ1v) is 3.75. The van der Waals surface area contributed by atoms with Crippen LogP contribution in [-0.2, 0) is 4.74 Å². The molecule has 0 spiro atoms. The second kappa shape index (κ2) is 8.66. The summed E-state index contributed by atoms with van der Waals surface area (Å²) in [6.45, 7) is 6.31. The molecule has 0 aliphatic heterocycles. The Labute approximate surface area is 63.3 Å². The van der Waals surface area contributed by atoms with E-state index in [2.05, 4.69) is 11.9 Å². The van der Waals surface area contributed by atoms with Crippen LogP contribution in [0.1, 0.15) is 12.8 Å². The van der Waals surface area contributed by atoms with E-state index in [-0.39, 0.29) is 0 Å². The van der Waals surface area contributed by atoms with Crippen LogP contribution in [0.4, 0.5) is 0 Å². The summed E-state index contributed by atoms with van der Waals surface area (Å²) in [5, 5.41) is 3.06. The second-order valence-electron chi connectivity index (χ2n) is 2.15. The normalized spacial score (nSPS) is 9.70. The molecule has 0 radical (unpaired) electrons. The van der Waals surface area contributed by atoms with Crippen LogP contribution in [0.15, 0.2) is 12.7 Å². The highest BCUT2D eigenvalue weighted by Crippen LogP contribution is 1.84. The molecule has 0 heterocycles. The van der Waals surface area contributed by atoms with Crippen LogP contribution in [0, 0.1) is 0 Å². The minimum absolute atomic E-state index is 0.813. The standard InChI is InChI=1S/C8H17NO/c1-3-4-7-10-8-5-6-9-2/h3,9H,1,4-8H2,2H3. The fourth-order valence-electron chi connectivity index (χ4n) is 0.620. The highest BCUT2D eigenvalue weighted by molar-refractivity contribution is 4.64. The second-order valence-corrected chi connectivity index (χ2v) is 2.15. The Morgan fingerprint density at radius 3 is 2.90 bits per heavy atom. The summed E-state index contributed by atoms with van der Waals surface area (Å²) in [6.07, 6.45) is 3.92. The van der Waals surface area contributed by atoms with Crippen LogP contribution in [0.5, 0.6) is 0 Å². The van der Waals surface area contributed by atoms with E-state index in [4.69, 9.17) is 4.74 Å². The van der Waals surface area contributed by atoms with Crippen LogP contribution in [0.25, 0.3) is 0 Å². The summed E-state index contributed by atoms with van der Waals surface area (Å²) >= 11 is 0. The van der Waals surface area contributed by atoms with E-state index in [1.807, 2.05) is 13.1 Å². The third kappa shape index (κ3) is 7.66. The van der Waals surface area contributed by atoms with Gasteiger partial charge in [-0.05, 0) is 26.4 Å². The van der Waals surface area contributed by atoms with E-state index < -0.39 is 0 Å². The minimum atomic E-state index is 0.813. The Hall–Kier alpha value is -0.340. The van der Waals surface area contributed by atoms with Gasteiger partial charge in [0.25, 0.3) is 0 Å². The van der Waals surface area contributed by atoms with Gasteiger partial charge in [-0.1, -0.05) is 6.08 Å². The lowest BCUT2D eigenvalue weighted by Crippen LogP contribution is -2.10. The predicted octanol–water partition coefficient (Wildman–Crippen LogP) is 1.19. The molecule has 60 valence electrons. The zero-order valence-electron chi connectivity index (χ0n) is 6.73. The van der Waals surface area contributed by atoms with Gasteiger partial charge in [0.1, 0.15) is 0 Å². The van der Waals surface area contributed by atoms with Crippen LogP contribution in [0.2, 0.25) is 0 Å². The third-order valence-corrected chi connectivity index (χ3v) is 1.18. The first-order valence-electron chi connectivity index (χ1n) is 3.75. The highest BCUT2D eigenvalue weighted by atomic mass is 16.5. The van der Waals surface area contributed by atoms with Crippen LogP contribution in [-0.4, -0.2) is 26.8 Å².